The average Bonchev–Trinajstić information content (AvgIpc) is 2.98. The summed E-state index contributed by atoms with van der Waals surface area (Å²) < 4.78 is 2.29. The van der Waals surface area contributed by atoms with Crippen LogP contribution in [-0.4, -0.2) is 14.4 Å². The van der Waals surface area contributed by atoms with E-state index in [1.54, 1.807) is 11.3 Å². The molecule has 0 saturated carbocycles. The van der Waals surface area contributed by atoms with Crippen LogP contribution < -0.4 is 0 Å². The number of rotatable bonds is 1. The van der Waals surface area contributed by atoms with Crippen LogP contribution >= 0.6 is 22.7 Å². The van der Waals surface area contributed by atoms with Crippen LogP contribution in [0.5, 0.6) is 0 Å². The number of hydrogen-bond donors (Lipinski definition) is 0. The molecule has 0 spiro atoms. The molecule has 0 amide bonds. The largest absolute Gasteiger partial charge is 0.294 e. The van der Waals surface area contributed by atoms with Gasteiger partial charge in [0, 0.05) is 16.8 Å². The van der Waals surface area contributed by atoms with Crippen molar-refractivity contribution < 1.29 is 0 Å². The maximum Gasteiger partial charge on any atom is 0.194 e. The van der Waals surface area contributed by atoms with Crippen LogP contribution in [0, 0.1) is 13.8 Å². The van der Waals surface area contributed by atoms with Gasteiger partial charge in [0.1, 0.15) is 5.69 Å². The molecule has 18 heavy (non-hydrogen) atoms. The first-order valence-electron chi connectivity index (χ1n) is 6.16. The molecule has 4 rings (SSSR count). The van der Waals surface area contributed by atoms with Crippen LogP contribution in [0.25, 0.3) is 15.5 Å². The third-order valence-corrected chi connectivity index (χ3v) is 5.71. The van der Waals surface area contributed by atoms with Gasteiger partial charge in [0.25, 0.3) is 0 Å². The summed E-state index contributed by atoms with van der Waals surface area (Å²) in [6, 6.07) is 0. The maximum absolute atomic E-state index is 4.77. The Kier molecular flexibility index (Phi) is 2.17. The number of aromatic nitrogens is 3. The minimum Gasteiger partial charge on any atom is -0.294 e. The fraction of sp³-hybridized carbons (Fsp3) is 0.385. The topological polar surface area (TPSA) is 30.2 Å². The lowest BCUT2D eigenvalue weighted by Gasteiger charge is -1.92. The van der Waals surface area contributed by atoms with Crippen molar-refractivity contribution in [3.05, 3.63) is 27.5 Å². The van der Waals surface area contributed by atoms with Crippen molar-refractivity contribution in [1.82, 2.24) is 14.4 Å². The predicted molar refractivity (Wildman–Crippen MR) is 75.7 cm³/mol. The lowest BCUT2D eigenvalue weighted by molar-refractivity contribution is 0.888. The minimum atomic E-state index is 1.08. The first kappa shape index (κ1) is 10.7. The highest BCUT2D eigenvalue weighted by molar-refractivity contribution is 7.17. The van der Waals surface area contributed by atoms with Crippen molar-refractivity contribution in [2.75, 3.05) is 0 Å². The van der Waals surface area contributed by atoms with Crippen LogP contribution in [0.3, 0.4) is 0 Å². The third-order valence-electron chi connectivity index (χ3n) is 3.45. The van der Waals surface area contributed by atoms with Crippen LogP contribution in [0.15, 0.2) is 6.20 Å². The third kappa shape index (κ3) is 1.40. The second-order valence-electron chi connectivity index (χ2n) is 4.75. The Balaban J connectivity index is 1.92. The van der Waals surface area contributed by atoms with Gasteiger partial charge in [-0.3, -0.25) is 4.40 Å². The Hall–Kier alpha value is -1.20. The Morgan fingerprint density at radius 1 is 1.17 bits per heavy atom. The van der Waals surface area contributed by atoms with Gasteiger partial charge < -0.3 is 0 Å². The van der Waals surface area contributed by atoms with E-state index < -0.39 is 0 Å². The van der Waals surface area contributed by atoms with E-state index in [-0.39, 0.29) is 0 Å². The molecular formula is C13H13N3S2. The van der Waals surface area contributed by atoms with Crippen LogP contribution in [0.2, 0.25) is 0 Å². The van der Waals surface area contributed by atoms with E-state index in [9.17, 15) is 0 Å². The zero-order valence-electron chi connectivity index (χ0n) is 10.4. The molecule has 0 aliphatic heterocycles. The standard InChI is InChI=1S/C13H13N3S2/c1-7-12(17-8(2)14-7)9-6-16-10-4-3-5-11(10)18-13(16)15-9/h6H,3-5H2,1-2H3. The molecule has 92 valence electrons. The van der Waals surface area contributed by atoms with Crippen molar-refractivity contribution >= 4 is 27.6 Å². The monoisotopic (exact) mass is 275 g/mol. The quantitative estimate of drug-likeness (QED) is 0.679. The highest BCUT2D eigenvalue weighted by atomic mass is 32.1. The van der Waals surface area contributed by atoms with E-state index in [1.165, 1.54) is 34.7 Å². The Morgan fingerprint density at radius 3 is 2.83 bits per heavy atom. The summed E-state index contributed by atoms with van der Waals surface area (Å²) in [6.07, 6.45) is 5.92. The molecule has 1 aliphatic carbocycles. The Morgan fingerprint density at radius 2 is 2.06 bits per heavy atom. The summed E-state index contributed by atoms with van der Waals surface area (Å²) in [5.41, 5.74) is 3.66. The SMILES string of the molecule is Cc1nc(C)c(-c2cn3c4c(sc3n2)CCC4)s1. The van der Waals surface area contributed by atoms with Gasteiger partial charge in [0.05, 0.1) is 15.6 Å². The molecule has 0 fully saturated rings. The molecular weight excluding hydrogens is 262 g/mol. The van der Waals surface area contributed by atoms with E-state index in [2.05, 4.69) is 29.4 Å². The highest BCUT2D eigenvalue weighted by Gasteiger charge is 2.20. The van der Waals surface area contributed by atoms with Gasteiger partial charge >= 0.3 is 0 Å². The molecule has 0 radical (unpaired) electrons. The van der Waals surface area contributed by atoms with Crippen LogP contribution in [-0.2, 0) is 12.8 Å². The highest BCUT2D eigenvalue weighted by Crippen LogP contribution is 2.35. The number of fused-ring (bicyclic) bond motifs is 3. The molecule has 3 aromatic rings. The van der Waals surface area contributed by atoms with Gasteiger partial charge in [-0.05, 0) is 33.1 Å². The molecule has 0 bridgehead atoms. The number of thiazole rings is 2. The molecule has 0 atom stereocenters. The summed E-state index contributed by atoms with van der Waals surface area (Å²) >= 11 is 3.59. The smallest absolute Gasteiger partial charge is 0.194 e. The molecule has 0 unspecified atom stereocenters. The summed E-state index contributed by atoms with van der Waals surface area (Å²) in [6.45, 7) is 4.12. The van der Waals surface area contributed by atoms with E-state index in [1.807, 2.05) is 11.3 Å². The fourth-order valence-corrected chi connectivity index (χ4v) is 4.75. The van der Waals surface area contributed by atoms with Crippen molar-refractivity contribution in [2.45, 2.75) is 33.1 Å². The summed E-state index contributed by atoms with van der Waals surface area (Å²) in [5.74, 6) is 0. The predicted octanol–water partition coefficient (Wildman–Crippen LogP) is 3.62. The Labute approximate surface area is 113 Å². The second-order valence-corrected chi connectivity index (χ2v) is 7.02. The summed E-state index contributed by atoms with van der Waals surface area (Å²) in [5, 5.41) is 1.11. The molecule has 1 aliphatic rings. The van der Waals surface area contributed by atoms with E-state index in [0.29, 0.717) is 0 Å². The van der Waals surface area contributed by atoms with Crippen molar-refractivity contribution in [3.8, 4) is 10.6 Å². The van der Waals surface area contributed by atoms with Crippen molar-refractivity contribution in [1.29, 1.82) is 0 Å². The molecule has 3 nitrogen and oxygen atoms in total. The van der Waals surface area contributed by atoms with Gasteiger partial charge in [0.2, 0.25) is 0 Å². The van der Waals surface area contributed by atoms with Crippen molar-refractivity contribution in [2.24, 2.45) is 0 Å². The number of imidazole rings is 1. The second kappa shape index (κ2) is 3.65. The first-order valence-corrected chi connectivity index (χ1v) is 7.80. The number of hydrogen-bond acceptors (Lipinski definition) is 4. The average molecular weight is 275 g/mol. The molecule has 3 heterocycles. The lowest BCUT2D eigenvalue weighted by Crippen LogP contribution is -1.85. The zero-order chi connectivity index (χ0) is 12.3. The minimum absolute atomic E-state index is 1.08. The molecule has 5 heteroatoms. The number of aryl methyl sites for hydroxylation is 4. The molecule has 0 saturated heterocycles. The Bertz CT molecular complexity index is 748. The first-order chi connectivity index (χ1) is 8.72. The van der Waals surface area contributed by atoms with Crippen LogP contribution in [0.4, 0.5) is 0 Å². The van der Waals surface area contributed by atoms with Gasteiger partial charge in [-0.1, -0.05) is 0 Å². The van der Waals surface area contributed by atoms with E-state index in [0.717, 1.165) is 21.4 Å². The lowest BCUT2D eigenvalue weighted by atomic mass is 10.3. The van der Waals surface area contributed by atoms with Crippen molar-refractivity contribution in [3.63, 3.8) is 0 Å². The van der Waals surface area contributed by atoms with E-state index >= 15 is 0 Å². The van der Waals surface area contributed by atoms with Gasteiger partial charge in [-0.2, -0.15) is 0 Å². The zero-order valence-corrected chi connectivity index (χ0v) is 12.0. The normalized spacial score (nSPS) is 14.6. The van der Waals surface area contributed by atoms with Gasteiger partial charge in [-0.25, -0.2) is 9.97 Å². The molecule has 0 N–H and O–H groups in total. The fourth-order valence-electron chi connectivity index (χ4n) is 2.68. The molecule has 3 aromatic heterocycles. The summed E-state index contributed by atoms with van der Waals surface area (Å²) in [4.78, 5) is 13.1. The maximum atomic E-state index is 4.77. The van der Waals surface area contributed by atoms with Crippen LogP contribution in [0.1, 0.15) is 27.7 Å². The van der Waals surface area contributed by atoms with Gasteiger partial charge in [0.15, 0.2) is 4.96 Å². The summed E-state index contributed by atoms with van der Waals surface area (Å²) in [7, 11) is 0. The van der Waals surface area contributed by atoms with E-state index in [4.69, 9.17) is 4.98 Å². The van der Waals surface area contributed by atoms with Gasteiger partial charge in [-0.15, -0.1) is 22.7 Å². The molecule has 0 aromatic carbocycles. The number of nitrogens with zero attached hydrogens (tertiary/aromatic N) is 3.